The number of amides is 1. The molecule has 0 spiro atoms. The molecule has 5 rings (SSSR count). The first-order valence-electron chi connectivity index (χ1n) is 12.7. The minimum Gasteiger partial charge on any atom is -0.495 e. The first-order valence-corrected chi connectivity index (χ1v) is 13.1. The largest absolute Gasteiger partial charge is 0.495 e. The van der Waals surface area contributed by atoms with Crippen LogP contribution in [0.5, 0.6) is 5.75 Å². The van der Waals surface area contributed by atoms with Crippen molar-refractivity contribution >= 4 is 40.6 Å². The second-order valence-corrected chi connectivity index (χ2v) is 9.52. The van der Waals surface area contributed by atoms with Gasteiger partial charge in [0.2, 0.25) is 5.91 Å². The number of hydrogen-bond acceptors (Lipinski definition) is 8. The number of hydrogen-bond donors (Lipinski definition) is 2. The molecule has 3 heterocycles. The molecule has 1 saturated heterocycles. The van der Waals surface area contributed by atoms with Crippen LogP contribution in [0.2, 0.25) is 0 Å². The molecular formula is C30H28N4O6S. The molecular weight excluding hydrogens is 544 g/mol. The maximum absolute atomic E-state index is 12.3. The third-order valence-electron chi connectivity index (χ3n) is 6.62. The lowest BCUT2D eigenvalue weighted by Gasteiger charge is -2.27. The van der Waals surface area contributed by atoms with Crippen LogP contribution in [0, 0.1) is 0 Å². The number of benzene rings is 2. The summed E-state index contributed by atoms with van der Waals surface area (Å²) in [5, 5.41) is 6.69. The topological polar surface area (TPSA) is 115 Å². The summed E-state index contributed by atoms with van der Waals surface area (Å²) in [5.74, 6) is 1.03. The number of furan rings is 1. The van der Waals surface area contributed by atoms with Gasteiger partial charge in [-0.15, -0.1) is 0 Å². The summed E-state index contributed by atoms with van der Waals surface area (Å²) in [6.45, 7) is -0.1000. The quantitative estimate of drug-likeness (QED) is 0.212. The van der Waals surface area contributed by atoms with Crippen LogP contribution in [-0.4, -0.2) is 49.9 Å². The average molecular weight is 573 g/mol. The summed E-state index contributed by atoms with van der Waals surface area (Å²) >= 11 is 5.82. The number of thiocarbonyl (C=S) groups is 1. The van der Waals surface area contributed by atoms with Crippen LogP contribution >= 0.6 is 12.2 Å². The summed E-state index contributed by atoms with van der Waals surface area (Å²) < 4.78 is 21.6. The molecule has 210 valence electrons. The predicted octanol–water partition coefficient (Wildman–Crippen LogP) is 4.90. The van der Waals surface area contributed by atoms with E-state index >= 15 is 0 Å². The van der Waals surface area contributed by atoms with Gasteiger partial charge < -0.3 is 34.2 Å². The van der Waals surface area contributed by atoms with Gasteiger partial charge in [0.25, 0.3) is 0 Å². The molecule has 11 heteroatoms. The van der Waals surface area contributed by atoms with Crippen LogP contribution in [0.25, 0.3) is 11.3 Å². The molecule has 2 aromatic heterocycles. The summed E-state index contributed by atoms with van der Waals surface area (Å²) in [6.07, 6.45) is 1.73. The zero-order valence-corrected chi connectivity index (χ0v) is 23.4. The highest BCUT2D eigenvalue weighted by Gasteiger charge is 2.42. The predicted molar refractivity (Wildman–Crippen MR) is 157 cm³/mol. The van der Waals surface area contributed by atoms with Crippen LogP contribution in [0.3, 0.4) is 0 Å². The van der Waals surface area contributed by atoms with Crippen molar-refractivity contribution in [3.05, 3.63) is 96.0 Å². The van der Waals surface area contributed by atoms with E-state index in [1.54, 1.807) is 42.6 Å². The molecule has 1 amide bonds. The van der Waals surface area contributed by atoms with Crippen molar-refractivity contribution < 1.29 is 28.2 Å². The maximum atomic E-state index is 12.3. The van der Waals surface area contributed by atoms with Gasteiger partial charge in [-0.3, -0.25) is 9.78 Å². The van der Waals surface area contributed by atoms with E-state index < -0.39 is 12.0 Å². The Morgan fingerprint density at radius 1 is 1.05 bits per heavy atom. The summed E-state index contributed by atoms with van der Waals surface area (Å²) in [7, 11) is 4.33. The van der Waals surface area contributed by atoms with E-state index in [1.807, 2.05) is 41.3 Å². The fraction of sp³-hybridized carbons (Fsp3) is 0.200. The Morgan fingerprint density at radius 3 is 2.54 bits per heavy atom. The number of rotatable bonds is 9. The number of carbonyl (C=O) groups excluding carboxylic acids is 2. The minimum absolute atomic E-state index is 0.1000. The molecule has 2 N–H and O–H groups in total. The van der Waals surface area contributed by atoms with E-state index in [1.165, 1.54) is 21.3 Å². The molecule has 2 aromatic carbocycles. The van der Waals surface area contributed by atoms with Crippen LogP contribution in [0.4, 0.5) is 11.4 Å². The zero-order valence-electron chi connectivity index (χ0n) is 22.6. The number of nitrogens with one attached hydrogen (secondary N) is 2. The number of anilines is 2. The van der Waals surface area contributed by atoms with Crippen LogP contribution in [0.1, 0.15) is 33.9 Å². The van der Waals surface area contributed by atoms with E-state index in [4.69, 9.17) is 30.8 Å². The van der Waals surface area contributed by atoms with Crippen LogP contribution in [0.15, 0.2) is 83.4 Å². The molecule has 41 heavy (non-hydrogen) atoms. The number of esters is 1. The minimum atomic E-state index is -0.420. The van der Waals surface area contributed by atoms with Gasteiger partial charge in [-0.2, -0.15) is 0 Å². The number of ether oxygens (including phenoxy) is 3. The number of pyridine rings is 1. The fourth-order valence-electron chi connectivity index (χ4n) is 4.74. The Hall–Kier alpha value is -4.74. The molecule has 1 fully saturated rings. The molecule has 2 atom stereocenters. The Labute approximate surface area is 242 Å². The highest BCUT2D eigenvalue weighted by atomic mass is 32.1. The first-order chi connectivity index (χ1) is 19.9. The molecule has 0 aliphatic carbocycles. The maximum Gasteiger partial charge on any atom is 0.337 e. The van der Waals surface area contributed by atoms with Gasteiger partial charge in [0, 0.05) is 24.6 Å². The monoisotopic (exact) mass is 572 g/mol. The molecule has 1 aliphatic rings. The van der Waals surface area contributed by atoms with Crippen molar-refractivity contribution in [2.24, 2.45) is 0 Å². The third-order valence-corrected chi connectivity index (χ3v) is 6.93. The van der Waals surface area contributed by atoms with E-state index in [9.17, 15) is 9.59 Å². The second-order valence-electron chi connectivity index (χ2n) is 9.13. The molecule has 0 radical (unpaired) electrons. The third kappa shape index (κ3) is 5.76. The smallest absolute Gasteiger partial charge is 0.337 e. The molecule has 10 nitrogen and oxygen atoms in total. The Kier molecular flexibility index (Phi) is 8.27. The fourth-order valence-corrected chi connectivity index (χ4v) is 5.08. The van der Waals surface area contributed by atoms with Gasteiger partial charge >= 0.3 is 5.97 Å². The molecule has 0 unspecified atom stereocenters. The average Bonchev–Trinajstić information content (AvgIpc) is 3.62. The molecule has 0 bridgehead atoms. The van der Waals surface area contributed by atoms with Gasteiger partial charge in [-0.1, -0.05) is 18.2 Å². The lowest BCUT2D eigenvalue weighted by Crippen LogP contribution is -2.29. The van der Waals surface area contributed by atoms with Gasteiger partial charge in [0.1, 0.15) is 29.9 Å². The second kappa shape index (κ2) is 12.2. The number of methoxy groups -OCH3 is 3. The van der Waals surface area contributed by atoms with Gasteiger partial charge in [0.15, 0.2) is 5.11 Å². The Balaban J connectivity index is 1.55. The molecule has 4 aromatic rings. The Morgan fingerprint density at radius 2 is 1.85 bits per heavy atom. The van der Waals surface area contributed by atoms with Crippen molar-refractivity contribution in [3.8, 4) is 17.1 Å². The molecule has 0 saturated carbocycles. The Bertz CT molecular complexity index is 1560. The summed E-state index contributed by atoms with van der Waals surface area (Å²) in [4.78, 5) is 30.7. The SMILES string of the molecule is COCC(=O)Nc1cc(N2C(=S)N[C@@H](c3ccccn3)[C@@H]2c2ccc(-c3ccc(C(=O)OC)cc3)o2)ccc1OC. The van der Waals surface area contributed by atoms with Gasteiger partial charge in [-0.05, 0) is 66.8 Å². The normalized spacial score (nSPS) is 16.3. The van der Waals surface area contributed by atoms with Crippen molar-refractivity contribution in [2.45, 2.75) is 12.1 Å². The van der Waals surface area contributed by atoms with Gasteiger partial charge in [-0.25, -0.2) is 4.79 Å². The van der Waals surface area contributed by atoms with Crippen LogP contribution in [-0.2, 0) is 14.3 Å². The molecule has 1 aliphatic heterocycles. The summed E-state index contributed by atoms with van der Waals surface area (Å²) in [6, 6.07) is 21.1. The van der Waals surface area contributed by atoms with Crippen molar-refractivity contribution in [3.63, 3.8) is 0 Å². The lowest BCUT2D eigenvalue weighted by atomic mass is 10.0. The standard InChI is InChI=1S/C30H28N4O6S/c1-37-17-26(35)32-22-16-20(11-12-24(22)38-2)34-28(27(33-30(34)41)21-6-4-5-15-31-21)25-14-13-23(40-25)18-7-9-19(10-8-18)29(36)39-3/h4-16,27-28H,17H2,1-3H3,(H,32,35)(H,33,41)/t27-,28-/m0/s1. The lowest BCUT2D eigenvalue weighted by molar-refractivity contribution is -0.119. The van der Waals surface area contributed by atoms with E-state index in [-0.39, 0.29) is 18.6 Å². The first kappa shape index (κ1) is 27.8. The van der Waals surface area contributed by atoms with Crippen molar-refractivity contribution in [1.82, 2.24) is 10.3 Å². The number of carbonyl (C=O) groups is 2. The van der Waals surface area contributed by atoms with E-state index in [0.29, 0.717) is 39.3 Å². The number of aromatic nitrogens is 1. The zero-order chi connectivity index (χ0) is 28.9. The number of nitrogens with zero attached hydrogens (tertiary/aromatic N) is 2. The highest BCUT2D eigenvalue weighted by Crippen LogP contribution is 2.44. The van der Waals surface area contributed by atoms with E-state index in [2.05, 4.69) is 15.6 Å². The van der Waals surface area contributed by atoms with Crippen molar-refractivity contribution in [2.75, 3.05) is 38.2 Å². The van der Waals surface area contributed by atoms with E-state index in [0.717, 1.165) is 11.3 Å². The van der Waals surface area contributed by atoms with Crippen LogP contribution < -0.4 is 20.3 Å². The van der Waals surface area contributed by atoms with Crippen molar-refractivity contribution in [1.29, 1.82) is 0 Å². The summed E-state index contributed by atoms with van der Waals surface area (Å²) in [5.41, 5.74) is 3.21. The van der Waals surface area contributed by atoms with Gasteiger partial charge in [0.05, 0.1) is 37.2 Å². The highest BCUT2D eigenvalue weighted by molar-refractivity contribution is 7.80.